The molecule has 1 aliphatic heterocycles. The Morgan fingerprint density at radius 1 is 1.23 bits per heavy atom. The molecule has 1 atom stereocenters. The van der Waals surface area contributed by atoms with E-state index in [1.54, 1.807) is 12.1 Å². The van der Waals surface area contributed by atoms with Crippen LogP contribution in [0.1, 0.15) is 48.2 Å². The lowest BCUT2D eigenvalue weighted by Gasteiger charge is -2.14. The molecule has 166 valence electrons. The first kappa shape index (κ1) is 21.6. The molecule has 0 aromatic heterocycles. The Labute approximate surface area is 183 Å². The van der Waals surface area contributed by atoms with Crippen molar-refractivity contribution >= 4 is 15.9 Å². The minimum atomic E-state index is -3.63. The average molecular weight is 445 g/mol. The molecule has 2 aromatic carbocycles. The van der Waals surface area contributed by atoms with E-state index >= 15 is 0 Å². The van der Waals surface area contributed by atoms with Crippen LogP contribution in [-0.4, -0.2) is 33.6 Å². The van der Waals surface area contributed by atoms with Crippen LogP contribution in [0.5, 0.6) is 11.5 Å². The Hall–Kier alpha value is -2.58. The minimum absolute atomic E-state index is 0.0933. The van der Waals surface area contributed by atoms with Crippen LogP contribution in [0.4, 0.5) is 0 Å². The number of fused-ring (bicyclic) bond motifs is 1. The summed E-state index contributed by atoms with van der Waals surface area (Å²) in [6.45, 7) is 5.14. The Morgan fingerprint density at radius 2 is 2.03 bits per heavy atom. The Balaban J connectivity index is 1.46. The van der Waals surface area contributed by atoms with Crippen molar-refractivity contribution in [3.05, 3.63) is 53.1 Å². The smallest absolute Gasteiger partial charge is 0.251 e. The summed E-state index contributed by atoms with van der Waals surface area (Å²) in [5, 5.41) is 2.87. The summed E-state index contributed by atoms with van der Waals surface area (Å²) >= 11 is 0. The Bertz CT molecular complexity index is 1080. The highest BCUT2D eigenvalue weighted by Crippen LogP contribution is 2.35. The number of benzene rings is 2. The molecule has 1 amide bonds. The lowest BCUT2D eigenvalue weighted by atomic mass is 10.1. The lowest BCUT2D eigenvalue weighted by molar-refractivity contribution is 0.0950. The van der Waals surface area contributed by atoms with E-state index < -0.39 is 10.0 Å². The molecule has 1 unspecified atom stereocenters. The molecule has 0 spiro atoms. The van der Waals surface area contributed by atoms with E-state index in [0.717, 1.165) is 41.9 Å². The fourth-order valence-corrected chi connectivity index (χ4v) is 4.79. The first-order valence-electron chi connectivity index (χ1n) is 10.7. The first-order valence-corrected chi connectivity index (χ1v) is 12.2. The second kappa shape index (κ2) is 8.88. The van der Waals surface area contributed by atoms with Crippen LogP contribution in [0.25, 0.3) is 0 Å². The van der Waals surface area contributed by atoms with Gasteiger partial charge in [-0.1, -0.05) is 6.07 Å². The number of carbonyl (C=O) groups is 1. The van der Waals surface area contributed by atoms with E-state index in [1.165, 1.54) is 12.1 Å². The van der Waals surface area contributed by atoms with Gasteiger partial charge in [-0.3, -0.25) is 4.79 Å². The molecule has 0 bridgehead atoms. The van der Waals surface area contributed by atoms with Gasteiger partial charge in [0, 0.05) is 36.2 Å². The molecule has 2 aliphatic rings. The lowest BCUT2D eigenvalue weighted by Crippen LogP contribution is -2.27. The van der Waals surface area contributed by atoms with Crippen molar-refractivity contribution < 1.29 is 22.7 Å². The number of rotatable bonds is 9. The van der Waals surface area contributed by atoms with Crippen molar-refractivity contribution in [2.45, 2.75) is 50.7 Å². The quantitative estimate of drug-likeness (QED) is 0.620. The number of amides is 1. The summed E-state index contributed by atoms with van der Waals surface area (Å²) in [6.07, 6.45) is 3.06. The third kappa shape index (κ3) is 5.19. The van der Waals surface area contributed by atoms with Crippen LogP contribution >= 0.6 is 0 Å². The Morgan fingerprint density at radius 3 is 2.77 bits per heavy atom. The summed E-state index contributed by atoms with van der Waals surface area (Å²) < 4.78 is 39.2. The highest BCUT2D eigenvalue weighted by molar-refractivity contribution is 7.89. The fourth-order valence-electron chi connectivity index (χ4n) is 3.62. The molecule has 1 fully saturated rings. The number of ether oxygens (including phenoxy) is 2. The molecule has 2 aromatic rings. The van der Waals surface area contributed by atoms with Crippen molar-refractivity contribution in [1.82, 2.24) is 10.0 Å². The SMILES string of the molecule is CCOc1cc2c(cc1CNC(=O)c1cccc(S(=O)(=O)NCC3CC3)c1)OC(C)C2. The van der Waals surface area contributed by atoms with Gasteiger partial charge in [-0.15, -0.1) is 0 Å². The van der Waals surface area contributed by atoms with E-state index in [9.17, 15) is 13.2 Å². The standard InChI is InChI=1S/C23H28N2O5S/c1-3-29-21-11-18-9-15(2)30-22(18)12-19(21)14-24-23(26)17-5-4-6-20(10-17)31(27,28)25-13-16-7-8-16/h4-6,10-12,15-16,25H,3,7-9,13-14H2,1-2H3,(H,24,26). The van der Waals surface area contributed by atoms with Crippen molar-refractivity contribution in [3.8, 4) is 11.5 Å². The van der Waals surface area contributed by atoms with E-state index in [4.69, 9.17) is 9.47 Å². The molecular weight excluding hydrogens is 416 g/mol. The maximum atomic E-state index is 12.7. The molecule has 1 heterocycles. The third-order valence-electron chi connectivity index (χ3n) is 5.48. The summed E-state index contributed by atoms with van der Waals surface area (Å²) in [4.78, 5) is 12.8. The van der Waals surface area contributed by atoms with E-state index in [1.807, 2.05) is 26.0 Å². The van der Waals surface area contributed by atoms with Gasteiger partial charge in [0.05, 0.1) is 11.5 Å². The Kier molecular flexibility index (Phi) is 6.20. The van der Waals surface area contributed by atoms with Crippen LogP contribution in [0, 0.1) is 5.92 Å². The minimum Gasteiger partial charge on any atom is -0.494 e. The van der Waals surface area contributed by atoms with Crippen molar-refractivity contribution in [3.63, 3.8) is 0 Å². The van der Waals surface area contributed by atoms with Crippen molar-refractivity contribution in [2.75, 3.05) is 13.2 Å². The molecule has 8 heteroatoms. The number of hydrogen-bond acceptors (Lipinski definition) is 5. The molecular formula is C23H28N2O5S. The molecule has 4 rings (SSSR count). The number of carbonyl (C=O) groups excluding carboxylic acids is 1. The van der Waals surface area contributed by atoms with Crippen molar-refractivity contribution in [2.24, 2.45) is 5.92 Å². The van der Waals surface area contributed by atoms with Gasteiger partial charge in [0.2, 0.25) is 10.0 Å². The van der Waals surface area contributed by atoms with Crippen LogP contribution in [0.2, 0.25) is 0 Å². The summed E-state index contributed by atoms with van der Waals surface area (Å²) in [7, 11) is -3.63. The summed E-state index contributed by atoms with van der Waals surface area (Å²) in [5.74, 6) is 1.62. The zero-order chi connectivity index (χ0) is 22.0. The topological polar surface area (TPSA) is 93.7 Å². The molecule has 31 heavy (non-hydrogen) atoms. The van der Waals surface area contributed by atoms with Gasteiger partial charge < -0.3 is 14.8 Å². The number of hydrogen-bond donors (Lipinski definition) is 2. The maximum Gasteiger partial charge on any atom is 0.251 e. The monoisotopic (exact) mass is 444 g/mol. The van der Waals surface area contributed by atoms with Crippen LogP contribution < -0.4 is 19.5 Å². The van der Waals surface area contributed by atoms with Crippen LogP contribution in [-0.2, 0) is 23.0 Å². The van der Waals surface area contributed by atoms with E-state index in [2.05, 4.69) is 10.0 Å². The van der Waals surface area contributed by atoms with E-state index in [0.29, 0.717) is 24.6 Å². The van der Waals surface area contributed by atoms with Gasteiger partial charge in [0.15, 0.2) is 0 Å². The number of nitrogens with one attached hydrogen (secondary N) is 2. The first-order chi connectivity index (χ1) is 14.9. The zero-order valence-corrected chi connectivity index (χ0v) is 18.6. The number of sulfonamides is 1. The molecule has 1 aliphatic carbocycles. The average Bonchev–Trinajstić information content (AvgIpc) is 3.51. The van der Waals surface area contributed by atoms with Gasteiger partial charge in [0.25, 0.3) is 5.91 Å². The predicted molar refractivity (Wildman–Crippen MR) is 117 cm³/mol. The van der Waals surface area contributed by atoms with Gasteiger partial charge in [0.1, 0.15) is 17.6 Å². The summed E-state index contributed by atoms with van der Waals surface area (Å²) in [5.41, 5.74) is 2.21. The van der Waals surface area contributed by atoms with Crippen LogP contribution in [0.3, 0.4) is 0 Å². The fraction of sp³-hybridized carbons (Fsp3) is 0.435. The van der Waals surface area contributed by atoms with Crippen LogP contribution in [0.15, 0.2) is 41.3 Å². The second-order valence-corrected chi connectivity index (χ2v) is 9.91. The molecule has 7 nitrogen and oxygen atoms in total. The van der Waals surface area contributed by atoms with E-state index in [-0.39, 0.29) is 23.5 Å². The highest BCUT2D eigenvalue weighted by Gasteiger charge is 2.25. The van der Waals surface area contributed by atoms with Gasteiger partial charge >= 0.3 is 0 Å². The van der Waals surface area contributed by atoms with Gasteiger partial charge in [-0.25, -0.2) is 13.1 Å². The zero-order valence-electron chi connectivity index (χ0n) is 17.8. The summed E-state index contributed by atoms with van der Waals surface area (Å²) in [6, 6.07) is 9.97. The maximum absolute atomic E-state index is 12.7. The van der Waals surface area contributed by atoms with Gasteiger partial charge in [-0.05, 0) is 62.9 Å². The predicted octanol–water partition coefficient (Wildman–Crippen LogP) is 3.03. The van der Waals surface area contributed by atoms with Crippen molar-refractivity contribution in [1.29, 1.82) is 0 Å². The second-order valence-electron chi connectivity index (χ2n) is 8.14. The normalized spacial score (nSPS) is 17.7. The molecule has 0 saturated heterocycles. The molecule has 2 N–H and O–H groups in total. The largest absolute Gasteiger partial charge is 0.494 e. The molecule has 0 radical (unpaired) electrons. The highest BCUT2D eigenvalue weighted by atomic mass is 32.2. The molecule has 1 saturated carbocycles. The third-order valence-corrected chi connectivity index (χ3v) is 6.91. The van der Waals surface area contributed by atoms with Gasteiger partial charge in [-0.2, -0.15) is 0 Å².